The molecule has 0 atom stereocenters. The first-order chi connectivity index (χ1) is 13.7. The van der Waals surface area contributed by atoms with Gasteiger partial charge in [-0.3, -0.25) is 24.0 Å². The first kappa shape index (κ1) is 21.5. The van der Waals surface area contributed by atoms with Gasteiger partial charge in [0, 0.05) is 38.8 Å². The van der Waals surface area contributed by atoms with Gasteiger partial charge in [0.15, 0.2) is 0 Å². The van der Waals surface area contributed by atoms with Gasteiger partial charge in [-0.05, 0) is 5.92 Å². The lowest BCUT2D eigenvalue weighted by molar-refractivity contribution is -0.198. The Labute approximate surface area is 164 Å². The molecule has 2 rings (SSSR count). The maximum Gasteiger partial charge on any atom is 0.334 e. The summed E-state index contributed by atoms with van der Waals surface area (Å²) < 4.78 is 0. The molecular formula is C17H17N3O9. The molecule has 0 saturated carbocycles. The van der Waals surface area contributed by atoms with Gasteiger partial charge in [-0.1, -0.05) is 0 Å². The zero-order valence-electron chi connectivity index (χ0n) is 15.3. The summed E-state index contributed by atoms with van der Waals surface area (Å²) in [5.41, 5.74) is 0. The normalized spacial score (nSPS) is 16.1. The molecule has 29 heavy (non-hydrogen) atoms. The molecule has 12 nitrogen and oxygen atoms in total. The van der Waals surface area contributed by atoms with Crippen LogP contribution in [0.4, 0.5) is 0 Å². The minimum absolute atomic E-state index is 0.0576. The molecular weight excluding hydrogens is 390 g/mol. The minimum atomic E-state index is -0.945. The van der Waals surface area contributed by atoms with Crippen molar-refractivity contribution < 1.29 is 43.2 Å². The predicted molar refractivity (Wildman–Crippen MR) is 89.0 cm³/mol. The zero-order valence-corrected chi connectivity index (χ0v) is 15.3. The second kappa shape index (κ2) is 9.45. The summed E-state index contributed by atoms with van der Waals surface area (Å²) in [5, 5.41) is 0.744. The molecule has 5 amide bonds. The topological polar surface area (TPSA) is 148 Å². The zero-order chi connectivity index (χ0) is 21.6. The molecule has 0 aliphatic carbocycles. The Kier molecular flexibility index (Phi) is 7.02. The second-order valence-electron chi connectivity index (χ2n) is 6.03. The van der Waals surface area contributed by atoms with Crippen molar-refractivity contribution in [1.29, 1.82) is 0 Å². The minimum Gasteiger partial charge on any atom is -0.331 e. The van der Waals surface area contributed by atoms with Crippen LogP contribution in [-0.2, 0) is 43.2 Å². The molecule has 154 valence electrons. The van der Waals surface area contributed by atoms with E-state index in [0.29, 0.717) is 10.1 Å². The molecule has 0 bridgehead atoms. The number of hydrogen-bond acceptors (Lipinski definition) is 9. The number of carbonyl (C=O) groups excluding carboxylic acids is 7. The Morgan fingerprint density at radius 1 is 0.793 bits per heavy atom. The molecule has 0 unspecified atom stereocenters. The molecule has 0 aromatic heterocycles. The van der Waals surface area contributed by atoms with Crippen LogP contribution in [0.5, 0.6) is 0 Å². The van der Waals surface area contributed by atoms with Crippen molar-refractivity contribution in [1.82, 2.24) is 15.0 Å². The quantitative estimate of drug-likeness (QED) is 0.344. The van der Waals surface area contributed by atoms with Crippen molar-refractivity contribution in [3.05, 3.63) is 0 Å². The smallest absolute Gasteiger partial charge is 0.331 e. The first-order valence-corrected chi connectivity index (χ1v) is 8.61. The van der Waals surface area contributed by atoms with Gasteiger partial charge < -0.3 is 14.6 Å². The van der Waals surface area contributed by atoms with Crippen molar-refractivity contribution in [2.75, 3.05) is 13.1 Å². The summed E-state index contributed by atoms with van der Waals surface area (Å²) in [6, 6.07) is 0. The van der Waals surface area contributed by atoms with E-state index in [9.17, 15) is 33.6 Å². The van der Waals surface area contributed by atoms with Gasteiger partial charge in [-0.15, -0.1) is 16.5 Å². The van der Waals surface area contributed by atoms with E-state index >= 15 is 0 Å². The Hall–Kier alpha value is -3.75. The average Bonchev–Trinajstić information content (AvgIpc) is 3.17. The van der Waals surface area contributed by atoms with E-state index in [1.807, 2.05) is 5.92 Å². The van der Waals surface area contributed by atoms with E-state index in [2.05, 4.69) is 9.68 Å². The van der Waals surface area contributed by atoms with E-state index in [4.69, 9.17) is 6.42 Å². The largest absolute Gasteiger partial charge is 0.334 e. The number of imide groups is 2. The third-order valence-corrected chi connectivity index (χ3v) is 3.98. The lowest BCUT2D eigenvalue weighted by Gasteiger charge is -2.20. The van der Waals surface area contributed by atoms with Crippen molar-refractivity contribution in [3.8, 4) is 12.3 Å². The number of terminal acetylenes is 1. The van der Waals surface area contributed by atoms with Gasteiger partial charge in [0.05, 0.1) is 12.8 Å². The number of rotatable bonds is 8. The Bertz CT molecular complexity index is 727. The molecule has 0 radical (unpaired) electrons. The summed E-state index contributed by atoms with van der Waals surface area (Å²) in [4.78, 5) is 91.4. The standard InChI is InChI=1S/C17H17N3O9/c1-2-11(21)18(9-7-16(26)28-19-12(22)3-4-13(19)23)10-8-17(27)29-20-14(24)5-6-15(20)25/h1H,3-10H2. The van der Waals surface area contributed by atoms with Crippen LogP contribution >= 0.6 is 0 Å². The highest BCUT2D eigenvalue weighted by Gasteiger charge is 2.34. The van der Waals surface area contributed by atoms with Gasteiger partial charge in [-0.2, -0.15) is 0 Å². The highest BCUT2D eigenvalue weighted by molar-refractivity contribution is 6.02. The third-order valence-electron chi connectivity index (χ3n) is 3.98. The van der Waals surface area contributed by atoms with Gasteiger partial charge >= 0.3 is 11.9 Å². The summed E-state index contributed by atoms with van der Waals surface area (Å²) in [5.74, 6) is -3.46. The summed E-state index contributed by atoms with van der Waals surface area (Å²) in [6.07, 6.45) is 4.02. The second-order valence-corrected chi connectivity index (χ2v) is 6.03. The number of hydroxylamine groups is 4. The molecule has 0 aromatic rings. The summed E-state index contributed by atoms with van der Waals surface area (Å²) in [6.45, 7) is -0.514. The van der Waals surface area contributed by atoms with Crippen LogP contribution in [0, 0.1) is 12.3 Å². The fraction of sp³-hybridized carbons (Fsp3) is 0.471. The number of amides is 5. The summed E-state index contributed by atoms with van der Waals surface area (Å²) in [7, 11) is 0. The molecule has 0 aromatic carbocycles. The molecule has 0 N–H and O–H groups in total. The Morgan fingerprint density at radius 2 is 1.14 bits per heavy atom. The maximum absolute atomic E-state index is 11.8. The number of hydrogen-bond donors (Lipinski definition) is 0. The van der Waals surface area contributed by atoms with Gasteiger partial charge in [-0.25, -0.2) is 9.59 Å². The van der Waals surface area contributed by atoms with Crippen molar-refractivity contribution in [2.45, 2.75) is 38.5 Å². The molecule has 0 spiro atoms. The van der Waals surface area contributed by atoms with E-state index in [0.717, 1.165) is 4.90 Å². The Balaban J connectivity index is 1.82. The average molecular weight is 407 g/mol. The van der Waals surface area contributed by atoms with E-state index in [-0.39, 0.29) is 38.8 Å². The molecule has 12 heteroatoms. The van der Waals surface area contributed by atoms with Crippen LogP contribution in [0.1, 0.15) is 38.5 Å². The fourth-order valence-corrected chi connectivity index (χ4v) is 2.47. The lowest BCUT2D eigenvalue weighted by Crippen LogP contribution is -2.37. The first-order valence-electron chi connectivity index (χ1n) is 8.61. The van der Waals surface area contributed by atoms with Crippen LogP contribution in [0.25, 0.3) is 0 Å². The Morgan fingerprint density at radius 3 is 1.45 bits per heavy atom. The monoisotopic (exact) mass is 407 g/mol. The fourth-order valence-electron chi connectivity index (χ4n) is 2.47. The van der Waals surface area contributed by atoms with Crippen LogP contribution in [0.3, 0.4) is 0 Å². The van der Waals surface area contributed by atoms with Crippen molar-refractivity contribution in [2.24, 2.45) is 0 Å². The van der Waals surface area contributed by atoms with Crippen molar-refractivity contribution in [3.63, 3.8) is 0 Å². The molecule has 2 fully saturated rings. The predicted octanol–water partition coefficient (Wildman–Crippen LogP) is -1.56. The number of carbonyl (C=O) groups is 7. The van der Waals surface area contributed by atoms with Crippen molar-refractivity contribution >= 4 is 41.5 Å². The molecule has 2 aliphatic heterocycles. The lowest BCUT2D eigenvalue weighted by atomic mass is 10.3. The number of nitrogens with zero attached hydrogens (tertiary/aromatic N) is 3. The van der Waals surface area contributed by atoms with Crippen LogP contribution in [0.2, 0.25) is 0 Å². The van der Waals surface area contributed by atoms with Crippen LogP contribution in [0.15, 0.2) is 0 Å². The van der Waals surface area contributed by atoms with Gasteiger partial charge in [0.2, 0.25) is 0 Å². The van der Waals surface area contributed by atoms with E-state index < -0.39 is 54.3 Å². The SMILES string of the molecule is C#CC(=O)N(CCC(=O)ON1C(=O)CCC1=O)CCC(=O)ON1C(=O)CCC1=O. The van der Waals surface area contributed by atoms with Gasteiger partial charge in [0.25, 0.3) is 29.5 Å². The van der Waals surface area contributed by atoms with E-state index in [1.54, 1.807) is 0 Å². The highest BCUT2D eigenvalue weighted by atomic mass is 16.7. The van der Waals surface area contributed by atoms with Gasteiger partial charge in [0.1, 0.15) is 0 Å². The highest BCUT2D eigenvalue weighted by Crippen LogP contribution is 2.14. The third kappa shape index (κ3) is 5.61. The maximum atomic E-state index is 11.8. The molecule has 2 heterocycles. The van der Waals surface area contributed by atoms with E-state index in [1.165, 1.54) is 0 Å². The molecule has 2 saturated heterocycles. The molecule has 2 aliphatic rings. The van der Waals surface area contributed by atoms with Crippen LogP contribution < -0.4 is 0 Å². The summed E-state index contributed by atoms with van der Waals surface area (Å²) >= 11 is 0. The van der Waals surface area contributed by atoms with Crippen LogP contribution in [-0.4, -0.2) is 69.6 Å².